The average Bonchev–Trinajstić information content (AvgIpc) is 3.08. The van der Waals surface area contributed by atoms with Crippen molar-refractivity contribution in [3.8, 4) is 0 Å². The van der Waals surface area contributed by atoms with E-state index in [1.165, 1.54) is 10.6 Å². The molecule has 1 saturated carbocycles. The van der Waals surface area contributed by atoms with Gasteiger partial charge in [-0.1, -0.05) is 19.0 Å². The lowest BCUT2D eigenvalue weighted by atomic mass is 9.80. The topological polar surface area (TPSA) is 105 Å². The van der Waals surface area contributed by atoms with Crippen molar-refractivity contribution in [2.45, 2.75) is 51.5 Å². The Kier molecular flexibility index (Phi) is 4.65. The Morgan fingerprint density at radius 3 is 2.76 bits per heavy atom. The van der Waals surface area contributed by atoms with Crippen molar-refractivity contribution in [3.63, 3.8) is 0 Å². The predicted octanol–water partition coefficient (Wildman–Crippen LogP) is 0.832. The highest BCUT2D eigenvalue weighted by Gasteiger charge is 2.58. The van der Waals surface area contributed by atoms with E-state index >= 15 is 0 Å². The smallest absolute Gasteiger partial charge is 0.234 e. The molecule has 0 bridgehead atoms. The number of rotatable bonds is 5. The number of aromatic nitrogens is 2. The van der Waals surface area contributed by atoms with Gasteiger partial charge in [0.2, 0.25) is 21.8 Å². The number of sulfonamides is 1. The van der Waals surface area contributed by atoms with Crippen LogP contribution in [-0.2, 0) is 20.2 Å². The second-order valence-corrected chi connectivity index (χ2v) is 9.84. The third-order valence-corrected chi connectivity index (χ3v) is 6.44. The molecule has 0 radical (unpaired) electrons. The molecule has 1 aromatic heterocycles. The van der Waals surface area contributed by atoms with Crippen molar-refractivity contribution in [2.24, 2.45) is 11.8 Å². The number of hydrogen-bond donors (Lipinski definition) is 1. The normalized spacial score (nSPS) is 30.0. The molecule has 0 spiro atoms. The summed E-state index contributed by atoms with van der Waals surface area (Å²) in [6.45, 7) is 6.52. The van der Waals surface area contributed by atoms with Crippen LogP contribution in [0.15, 0.2) is 4.52 Å². The van der Waals surface area contributed by atoms with Gasteiger partial charge in [-0.15, -0.1) is 0 Å². The van der Waals surface area contributed by atoms with Crippen LogP contribution in [0.4, 0.5) is 0 Å². The average molecular weight is 370 g/mol. The number of hydrogen-bond acceptors (Lipinski definition) is 6. The van der Waals surface area contributed by atoms with E-state index in [0.717, 1.165) is 6.42 Å². The first-order valence-electron chi connectivity index (χ1n) is 8.65. The van der Waals surface area contributed by atoms with Gasteiger partial charge in [0.15, 0.2) is 5.82 Å². The minimum Gasteiger partial charge on any atom is -0.353 e. The molecule has 1 amide bonds. The monoisotopic (exact) mass is 370 g/mol. The molecule has 1 saturated heterocycles. The molecule has 1 aliphatic carbocycles. The molecule has 1 N–H and O–H groups in total. The summed E-state index contributed by atoms with van der Waals surface area (Å²) in [5.74, 6) is 1.42. The summed E-state index contributed by atoms with van der Waals surface area (Å²) in [5.41, 5.74) is -0.514. The number of nitrogens with one attached hydrogen (secondary N) is 1. The van der Waals surface area contributed by atoms with Crippen molar-refractivity contribution in [3.05, 3.63) is 11.7 Å². The lowest BCUT2D eigenvalue weighted by molar-refractivity contribution is -0.122. The molecule has 140 valence electrons. The zero-order valence-corrected chi connectivity index (χ0v) is 16.0. The quantitative estimate of drug-likeness (QED) is 0.823. The molecule has 8 nitrogen and oxygen atoms in total. The number of nitrogens with zero attached hydrogens (tertiary/aromatic N) is 3. The van der Waals surface area contributed by atoms with Crippen LogP contribution in [-0.4, -0.2) is 54.2 Å². The maximum absolute atomic E-state index is 12.1. The number of fused-ring (bicyclic) bond motifs is 1. The van der Waals surface area contributed by atoms with Gasteiger partial charge in [-0.3, -0.25) is 4.79 Å². The van der Waals surface area contributed by atoms with Crippen LogP contribution in [0.25, 0.3) is 0 Å². The minimum atomic E-state index is -3.28. The van der Waals surface area contributed by atoms with E-state index in [0.29, 0.717) is 43.6 Å². The highest BCUT2D eigenvalue weighted by Crippen LogP contribution is 2.50. The summed E-state index contributed by atoms with van der Waals surface area (Å²) >= 11 is 0. The third kappa shape index (κ3) is 3.57. The van der Waals surface area contributed by atoms with E-state index in [2.05, 4.69) is 15.5 Å². The second-order valence-electron chi connectivity index (χ2n) is 7.86. The molecule has 9 heteroatoms. The number of aryl methyl sites for hydroxylation is 1. The van der Waals surface area contributed by atoms with Gasteiger partial charge in [-0.2, -0.15) is 4.98 Å². The van der Waals surface area contributed by atoms with E-state index in [9.17, 15) is 13.2 Å². The van der Waals surface area contributed by atoms with Crippen LogP contribution in [0.2, 0.25) is 0 Å². The van der Waals surface area contributed by atoms with Crippen molar-refractivity contribution >= 4 is 15.9 Å². The predicted molar refractivity (Wildman–Crippen MR) is 91.2 cm³/mol. The van der Waals surface area contributed by atoms with E-state index in [4.69, 9.17) is 4.52 Å². The Morgan fingerprint density at radius 2 is 2.20 bits per heavy atom. The zero-order chi connectivity index (χ0) is 18.4. The van der Waals surface area contributed by atoms with E-state index in [-0.39, 0.29) is 17.9 Å². The molecule has 3 rings (SSSR count). The van der Waals surface area contributed by atoms with Crippen molar-refractivity contribution in [1.29, 1.82) is 0 Å². The molecule has 1 aliphatic heterocycles. The molecule has 1 aromatic rings. The Morgan fingerprint density at radius 1 is 1.48 bits per heavy atom. The van der Waals surface area contributed by atoms with Crippen LogP contribution in [0, 0.1) is 18.8 Å². The van der Waals surface area contributed by atoms with E-state index in [1.54, 1.807) is 6.92 Å². The standard InChI is InChI=1S/C16H26N4O4S/c1-10(2)5-14(21)18-13-6-12-8-20(25(4,22)23)9-16(12,7-13)15-17-11(3)19-24-15/h10,12-13H,5-9H2,1-4H3,(H,18,21)/t12-,13+,16-/m0/s1. The van der Waals surface area contributed by atoms with Gasteiger partial charge in [0.05, 0.1) is 11.7 Å². The Labute approximate surface area is 148 Å². The molecule has 0 unspecified atom stereocenters. The van der Waals surface area contributed by atoms with Crippen LogP contribution in [0.5, 0.6) is 0 Å². The minimum absolute atomic E-state index is 0.00478. The van der Waals surface area contributed by atoms with Gasteiger partial charge >= 0.3 is 0 Å². The zero-order valence-electron chi connectivity index (χ0n) is 15.2. The molecule has 0 aromatic carbocycles. The molecule has 3 atom stereocenters. The lowest BCUT2D eigenvalue weighted by Crippen LogP contribution is -2.39. The van der Waals surface area contributed by atoms with Crippen molar-refractivity contribution < 1.29 is 17.7 Å². The Hall–Kier alpha value is -1.48. The van der Waals surface area contributed by atoms with Gasteiger partial charge in [0.1, 0.15) is 0 Å². The first-order chi connectivity index (χ1) is 11.6. The highest BCUT2D eigenvalue weighted by atomic mass is 32.2. The SMILES string of the molecule is Cc1noc([C@]23C[C@H](NC(=O)CC(C)C)C[C@H]2CN(S(C)(=O)=O)C3)n1. The van der Waals surface area contributed by atoms with Gasteiger partial charge in [0, 0.05) is 25.6 Å². The fourth-order valence-corrected chi connectivity index (χ4v) is 5.09. The summed E-state index contributed by atoms with van der Waals surface area (Å²) in [6, 6.07) is 0.00478. The van der Waals surface area contributed by atoms with Gasteiger partial charge in [0.25, 0.3) is 0 Å². The van der Waals surface area contributed by atoms with Gasteiger partial charge in [-0.05, 0) is 31.6 Å². The first-order valence-corrected chi connectivity index (χ1v) is 10.5. The third-order valence-electron chi connectivity index (χ3n) is 5.22. The van der Waals surface area contributed by atoms with E-state index < -0.39 is 15.4 Å². The summed E-state index contributed by atoms with van der Waals surface area (Å²) < 4.78 is 31.0. The molecular formula is C16H26N4O4S. The summed E-state index contributed by atoms with van der Waals surface area (Å²) in [7, 11) is -3.28. The summed E-state index contributed by atoms with van der Waals surface area (Å²) in [6.07, 6.45) is 3.05. The fraction of sp³-hybridized carbons (Fsp3) is 0.812. The summed E-state index contributed by atoms with van der Waals surface area (Å²) in [4.78, 5) is 16.5. The van der Waals surface area contributed by atoms with Crippen LogP contribution < -0.4 is 5.32 Å². The molecule has 2 heterocycles. The fourth-order valence-electron chi connectivity index (χ4n) is 4.18. The van der Waals surface area contributed by atoms with Crippen LogP contribution in [0.1, 0.15) is 44.8 Å². The van der Waals surface area contributed by atoms with Crippen molar-refractivity contribution in [2.75, 3.05) is 19.3 Å². The second kappa shape index (κ2) is 6.35. The molecule has 2 aliphatic rings. The largest absolute Gasteiger partial charge is 0.353 e. The van der Waals surface area contributed by atoms with E-state index in [1.807, 2.05) is 13.8 Å². The summed E-state index contributed by atoms with van der Waals surface area (Å²) in [5, 5.41) is 6.98. The number of carbonyl (C=O) groups excluding carboxylic acids is 1. The van der Waals surface area contributed by atoms with Crippen LogP contribution in [0.3, 0.4) is 0 Å². The number of amides is 1. The highest BCUT2D eigenvalue weighted by molar-refractivity contribution is 7.88. The Balaban J connectivity index is 1.83. The first kappa shape index (κ1) is 18.3. The maximum atomic E-state index is 12.1. The number of carbonyl (C=O) groups is 1. The van der Waals surface area contributed by atoms with Gasteiger partial charge in [-0.25, -0.2) is 12.7 Å². The Bertz CT molecular complexity index is 760. The molecule has 25 heavy (non-hydrogen) atoms. The van der Waals surface area contributed by atoms with Crippen LogP contribution >= 0.6 is 0 Å². The molecule has 2 fully saturated rings. The van der Waals surface area contributed by atoms with Crippen molar-refractivity contribution in [1.82, 2.24) is 19.8 Å². The molecular weight excluding hydrogens is 344 g/mol. The van der Waals surface area contributed by atoms with Gasteiger partial charge < -0.3 is 9.84 Å². The lowest BCUT2D eigenvalue weighted by Gasteiger charge is -2.25. The maximum Gasteiger partial charge on any atom is 0.234 e.